The normalized spacial score (nSPS) is 23.9. The average molecular weight is 265 g/mol. The number of ether oxygens (including phenoxy) is 1. The molecule has 5 heteroatoms. The maximum atomic E-state index is 11.6. The van der Waals surface area contributed by atoms with Crippen molar-refractivity contribution in [3.8, 4) is 0 Å². The molecule has 0 radical (unpaired) electrons. The van der Waals surface area contributed by atoms with Gasteiger partial charge in [-0.3, -0.25) is 4.79 Å². The predicted octanol–water partition coefficient (Wildman–Crippen LogP) is 1.34. The molecule has 1 fully saturated rings. The van der Waals surface area contributed by atoms with Gasteiger partial charge in [0.05, 0.1) is 0 Å². The topological polar surface area (TPSA) is 50.4 Å². The van der Waals surface area contributed by atoms with E-state index >= 15 is 0 Å². The Morgan fingerprint density at radius 3 is 2.88 bits per heavy atom. The van der Waals surface area contributed by atoms with Crippen LogP contribution in [0.3, 0.4) is 0 Å². The highest BCUT2D eigenvalue weighted by atomic mass is 35.5. The molecule has 0 bridgehead atoms. The van der Waals surface area contributed by atoms with Crippen molar-refractivity contribution < 1.29 is 9.53 Å². The van der Waals surface area contributed by atoms with Crippen molar-refractivity contribution in [3.05, 3.63) is 0 Å². The summed E-state index contributed by atoms with van der Waals surface area (Å²) in [5.41, 5.74) is 0. The largest absolute Gasteiger partial charge is 0.385 e. The summed E-state index contributed by atoms with van der Waals surface area (Å²) in [6.07, 6.45) is 3.64. The van der Waals surface area contributed by atoms with E-state index in [0.29, 0.717) is 18.4 Å². The minimum atomic E-state index is 0. The Bertz CT molecular complexity index is 215. The molecule has 0 aromatic heterocycles. The molecule has 1 aliphatic heterocycles. The van der Waals surface area contributed by atoms with Gasteiger partial charge in [-0.05, 0) is 31.7 Å². The molecule has 0 aliphatic carbocycles. The van der Waals surface area contributed by atoms with E-state index in [-0.39, 0.29) is 18.3 Å². The van der Waals surface area contributed by atoms with Gasteiger partial charge in [-0.25, -0.2) is 0 Å². The lowest BCUT2D eigenvalue weighted by molar-refractivity contribution is -0.122. The van der Waals surface area contributed by atoms with Gasteiger partial charge < -0.3 is 15.4 Å². The molecule has 1 saturated heterocycles. The molecule has 0 saturated carbocycles. The number of hydrogen-bond donors (Lipinski definition) is 2. The number of carbonyl (C=O) groups is 1. The molecule has 2 N–H and O–H groups in total. The lowest BCUT2D eigenvalue weighted by atomic mass is 9.94. The van der Waals surface area contributed by atoms with Crippen LogP contribution in [-0.4, -0.2) is 38.8 Å². The summed E-state index contributed by atoms with van der Waals surface area (Å²) in [5.74, 6) is 0.765. The molecule has 0 spiro atoms. The number of nitrogens with one attached hydrogen (secondary N) is 2. The van der Waals surface area contributed by atoms with Crippen LogP contribution < -0.4 is 10.6 Å². The van der Waals surface area contributed by atoms with Gasteiger partial charge in [0.15, 0.2) is 0 Å². The van der Waals surface area contributed by atoms with Crippen LogP contribution in [0, 0.1) is 5.92 Å². The minimum Gasteiger partial charge on any atom is -0.385 e. The van der Waals surface area contributed by atoms with E-state index in [2.05, 4.69) is 17.6 Å². The average Bonchev–Trinajstić information content (AvgIpc) is 2.28. The first-order valence-corrected chi connectivity index (χ1v) is 6.23. The molecule has 2 atom stereocenters. The number of unbranched alkanes of at least 4 members (excludes halogenated alkanes) is 1. The lowest BCUT2D eigenvalue weighted by Crippen LogP contribution is -2.50. The first kappa shape index (κ1) is 16.7. The summed E-state index contributed by atoms with van der Waals surface area (Å²) in [5, 5.41) is 6.42. The van der Waals surface area contributed by atoms with Gasteiger partial charge >= 0.3 is 0 Å². The second-order valence-corrected chi connectivity index (χ2v) is 4.59. The Hall–Kier alpha value is -0.320. The maximum Gasteiger partial charge on any atom is 0.220 e. The van der Waals surface area contributed by atoms with Crippen LogP contribution in [0.2, 0.25) is 0 Å². The standard InChI is InChI=1S/C12H24N2O2.ClH/c1-10-6-7-13-9-11(10)14-12(15)5-3-4-8-16-2;/h10-11,13H,3-9H2,1-2H3,(H,14,15);1H. The second-order valence-electron chi connectivity index (χ2n) is 4.59. The summed E-state index contributed by atoms with van der Waals surface area (Å²) < 4.78 is 4.95. The lowest BCUT2D eigenvalue weighted by Gasteiger charge is -2.30. The molecule has 0 aromatic carbocycles. The van der Waals surface area contributed by atoms with Crippen LogP contribution in [-0.2, 0) is 9.53 Å². The monoisotopic (exact) mass is 264 g/mol. The van der Waals surface area contributed by atoms with Crippen molar-refractivity contribution >= 4 is 18.3 Å². The van der Waals surface area contributed by atoms with Crippen LogP contribution in [0.1, 0.15) is 32.6 Å². The number of piperidine rings is 1. The van der Waals surface area contributed by atoms with Crippen molar-refractivity contribution in [2.24, 2.45) is 5.92 Å². The summed E-state index contributed by atoms with van der Waals surface area (Å²) >= 11 is 0. The Balaban J connectivity index is 0.00000256. The summed E-state index contributed by atoms with van der Waals surface area (Å²) in [6, 6.07) is 0.309. The third-order valence-electron chi connectivity index (χ3n) is 3.18. The van der Waals surface area contributed by atoms with E-state index in [1.807, 2.05) is 0 Å². The highest BCUT2D eigenvalue weighted by Gasteiger charge is 2.21. The van der Waals surface area contributed by atoms with Crippen LogP contribution in [0.5, 0.6) is 0 Å². The third kappa shape index (κ3) is 6.86. The molecule has 4 nitrogen and oxygen atoms in total. The highest BCUT2D eigenvalue weighted by molar-refractivity contribution is 5.85. The summed E-state index contributed by atoms with van der Waals surface area (Å²) in [7, 11) is 1.69. The zero-order valence-electron chi connectivity index (χ0n) is 10.8. The maximum absolute atomic E-state index is 11.6. The molecule has 102 valence electrons. The van der Waals surface area contributed by atoms with Crippen LogP contribution in [0.4, 0.5) is 0 Å². The van der Waals surface area contributed by atoms with Gasteiger partial charge in [-0.2, -0.15) is 0 Å². The second kappa shape index (κ2) is 9.68. The smallest absolute Gasteiger partial charge is 0.220 e. The number of methoxy groups -OCH3 is 1. The van der Waals surface area contributed by atoms with Gasteiger partial charge in [-0.1, -0.05) is 6.92 Å². The SMILES string of the molecule is COCCCCC(=O)NC1CNCCC1C.Cl. The van der Waals surface area contributed by atoms with E-state index in [0.717, 1.165) is 39.0 Å². The van der Waals surface area contributed by atoms with Gasteiger partial charge in [0, 0.05) is 32.7 Å². The van der Waals surface area contributed by atoms with Crippen LogP contribution in [0.15, 0.2) is 0 Å². The van der Waals surface area contributed by atoms with E-state index in [4.69, 9.17) is 4.74 Å². The Labute approximate surface area is 110 Å². The minimum absolute atomic E-state index is 0. The zero-order chi connectivity index (χ0) is 11.8. The van der Waals surface area contributed by atoms with Crippen molar-refractivity contribution in [1.29, 1.82) is 0 Å². The first-order chi connectivity index (χ1) is 7.74. The third-order valence-corrected chi connectivity index (χ3v) is 3.18. The number of carbonyl (C=O) groups excluding carboxylic acids is 1. The molecule has 1 amide bonds. The van der Waals surface area contributed by atoms with Crippen LogP contribution >= 0.6 is 12.4 Å². The molecule has 1 rings (SSSR count). The van der Waals surface area contributed by atoms with Crippen LogP contribution in [0.25, 0.3) is 0 Å². The van der Waals surface area contributed by atoms with Gasteiger partial charge in [0.25, 0.3) is 0 Å². The Morgan fingerprint density at radius 2 is 2.24 bits per heavy atom. The molecule has 17 heavy (non-hydrogen) atoms. The molecule has 1 heterocycles. The predicted molar refractivity (Wildman–Crippen MR) is 71.6 cm³/mol. The molecular weight excluding hydrogens is 240 g/mol. The molecule has 1 aliphatic rings. The number of amides is 1. The van der Waals surface area contributed by atoms with Crippen molar-refractivity contribution in [2.75, 3.05) is 26.8 Å². The van der Waals surface area contributed by atoms with Gasteiger partial charge in [-0.15, -0.1) is 12.4 Å². The first-order valence-electron chi connectivity index (χ1n) is 6.23. The number of rotatable bonds is 6. The molecular formula is C12H25ClN2O2. The van der Waals surface area contributed by atoms with Gasteiger partial charge in [0.1, 0.15) is 0 Å². The fourth-order valence-electron chi connectivity index (χ4n) is 1.99. The Kier molecular flexibility index (Phi) is 9.50. The van der Waals surface area contributed by atoms with E-state index in [1.54, 1.807) is 7.11 Å². The number of halogens is 1. The van der Waals surface area contributed by atoms with Crippen molar-refractivity contribution in [2.45, 2.75) is 38.6 Å². The summed E-state index contributed by atoms with van der Waals surface area (Å²) in [6.45, 7) is 4.93. The number of hydrogen-bond acceptors (Lipinski definition) is 3. The van der Waals surface area contributed by atoms with Crippen molar-refractivity contribution in [1.82, 2.24) is 10.6 Å². The summed E-state index contributed by atoms with van der Waals surface area (Å²) in [4.78, 5) is 11.6. The fourth-order valence-corrected chi connectivity index (χ4v) is 1.99. The molecule has 0 aromatic rings. The van der Waals surface area contributed by atoms with E-state index in [1.165, 1.54) is 0 Å². The van der Waals surface area contributed by atoms with Crippen molar-refractivity contribution in [3.63, 3.8) is 0 Å². The zero-order valence-corrected chi connectivity index (χ0v) is 11.6. The Morgan fingerprint density at radius 1 is 1.47 bits per heavy atom. The quantitative estimate of drug-likeness (QED) is 0.712. The molecule has 2 unspecified atom stereocenters. The van der Waals surface area contributed by atoms with E-state index < -0.39 is 0 Å². The fraction of sp³-hybridized carbons (Fsp3) is 0.917. The van der Waals surface area contributed by atoms with E-state index in [9.17, 15) is 4.79 Å². The highest BCUT2D eigenvalue weighted by Crippen LogP contribution is 2.11. The van der Waals surface area contributed by atoms with Gasteiger partial charge in [0.2, 0.25) is 5.91 Å².